The molecule has 0 unspecified atom stereocenters. The fraction of sp³-hybridized carbons (Fsp3) is 0.286. The van der Waals surface area contributed by atoms with E-state index in [0.29, 0.717) is 16.4 Å². The van der Waals surface area contributed by atoms with Gasteiger partial charge in [-0.1, -0.05) is 25.4 Å². The van der Waals surface area contributed by atoms with Crippen LogP contribution in [0.15, 0.2) is 24.3 Å². The fourth-order valence-electron chi connectivity index (χ4n) is 1.86. The number of hydrogen-bond donors (Lipinski definition) is 0. The van der Waals surface area contributed by atoms with E-state index in [0.717, 1.165) is 17.7 Å². The number of aromatic nitrogens is 2. The molecular weight excluding hydrogens is 264 g/mol. The van der Waals surface area contributed by atoms with Crippen molar-refractivity contribution in [3.05, 3.63) is 40.7 Å². The molecule has 0 amide bonds. The molecule has 0 N–H and O–H groups in total. The van der Waals surface area contributed by atoms with Crippen LogP contribution in [0.4, 0.5) is 0 Å². The number of rotatable bonds is 4. The maximum absolute atomic E-state index is 11.1. The number of benzene rings is 1. The summed E-state index contributed by atoms with van der Waals surface area (Å²) < 4.78 is 6.67. The lowest BCUT2D eigenvalue weighted by Crippen LogP contribution is -1.98. The highest BCUT2D eigenvalue weighted by Gasteiger charge is 2.18. The molecule has 0 aliphatic carbocycles. The Bertz CT molecular complexity index is 588. The Morgan fingerprint density at radius 3 is 2.37 bits per heavy atom. The number of ether oxygens (including phenoxy) is 1. The number of halogens is 1. The molecule has 1 aromatic heterocycles. The van der Waals surface area contributed by atoms with Gasteiger partial charge in [-0.2, -0.15) is 5.10 Å². The van der Waals surface area contributed by atoms with Crippen LogP contribution < -0.4 is 4.74 Å². The average Bonchev–Trinajstić information content (AvgIpc) is 2.76. The van der Waals surface area contributed by atoms with Crippen molar-refractivity contribution in [2.75, 3.05) is 7.11 Å². The molecule has 0 fully saturated rings. The first-order valence-electron chi connectivity index (χ1n) is 5.96. The van der Waals surface area contributed by atoms with Crippen molar-refractivity contribution in [2.45, 2.75) is 19.8 Å². The minimum atomic E-state index is 0.136. The number of aldehydes is 1. The molecule has 19 heavy (non-hydrogen) atoms. The maximum Gasteiger partial charge on any atom is 0.155 e. The van der Waals surface area contributed by atoms with Crippen LogP contribution in [0, 0.1) is 0 Å². The normalized spacial score (nSPS) is 10.8. The molecule has 100 valence electrons. The van der Waals surface area contributed by atoms with Gasteiger partial charge in [-0.05, 0) is 30.2 Å². The van der Waals surface area contributed by atoms with Crippen molar-refractivity contribution >= 4 is 17.9 Å². The van der Waals surface area contributed by atoms with E-state index in [1.54, 1.807) is 11.8 Å². The summed E-state index contributed by atoms with van der Waals surface area (Å²) in [7, 11) is 1.61. The molecule has 0 aliphatic heterocycles. The van der Waals surface area contributed by atoms with E-state index >= 15 is 0 Å². The van der Waals surface area contributed by atoms with Gasteiger partial charge >= 0.3 is 0 Å². The molecule has 0 saturated carbocycles. The van der Waals surface area contributed by atoms with Gasteiger partial charge in [0.1, 0.15) is 10.9 Å². The molecular formula is C14H15ClN2O2. The number of carbonyl (C=O) groups is 1. The van der Waals surface area contributed by atoms with Crippen molar-refractivity contribution in [1.82, 2.24) is 9.78 Å². The molecule has 0 radical (unpaired) electrons. The van der Waals surface area contributed by atoms with Gasteiger partial charge in [0, 0.05) is 0 Å². The minimum absolute atomic E-state index is 0.136. The second-order valence-corrected chi connectivity index (χ2v) is 4.83. The molecule has 0 bridgehead atoms. The Kier molecular flexibility index (Phi) is 3.90. The molecule has 0 aliphatic rings. The summed E-state index contributed by atoms with van der Waals surface area (Å²) in [4.78, 5) is 11.1. The predicted octanol–water partition coefficient (Wildman–Crippen LogP) is 3.47. The van der Waals surface area contributed by atoms with Gasteiger partial charge in [0.15, 0.2) is 6.29 Å². The molecule has 0 spiro atoms. The first-order chi connectivity index (χ1) is 9.08. The fourth-order valence-corrected chi connectivity index (χ4v) is 2.13. The van der Waals surface area contributed by atoms with Gasteiger partial charge in [0.2, 0.25) is 0 Å². The van der Waals surface area contributed by atoms with Crippen molar-refractivity contribution < 1.29 is 9.53 Å². The van der Waals surface area contributed by atoms with E-state index in [9.17, 15) is 4.79 Å². The molecule has 1 aromatic carbocycles. The number of hydrogen-bond acceptors (Lipinski definition) is 3. The maximum atomic E-state index is 11.1. The van der Waals surface area contributed by atoms with E-state index in [1.807, 2.05) is 38.1 Å². The zero-order valence-electron chi connectivity index (χ0n) is 11.1. The summed E-state index contributed by atoms with van der Waals surface area (Å²) in [5.74, 6) is 0.893. The largest absolute Gasteiger partial charge is 0.497 e. The van der Waals surface area contributed by atoms with E-state index in [-0.39, 0.29) is 5.92 Å². The smallest absolute Gasteiger partial charge is 0.155 e. The second-order valence-electron chi connectivity index (χ2n) is 4.47. The highest BCUT2D eigenvalue weighted by molar-refractivity contribution is 6.32. The van der Waals surface area contributed by atoms with E-state index < -0.39 is 0 Å². The quantitative estimate of drug-likeness (QED) is 0.805. The van der Waals surface area contributed by atoms with E-state index in [1.165, 1.54) is 0 Å². The van der Waals surface area contributed by atoms with Crippen LogP contribution in [0.5, 0.6) is 5.75 Å². The molecule has 5 heteroatoms. The summed E-state index contributed by atoms with van der Waals surface area (Å²) in [6.07, 6.45) is 0.755. The van der Waals surface area contributed by atoms with Gasteiger partial charge in [-0.3, -0.25) is 4.79 Å². The van der Waals surface area contributed by atoms with Crippen molar-refractivity contribution in [3.63, 3.8) is 0 Å². The third-order valence-electron chi connectivity index (χ3n) is 2.87. The van der Waals surface area contributed by atoms with E-state index in [2.05, 4.69) is 5.10 Å². The Balaban J connectivity index is 2.52. The third-order valence-corrected chi connectivity index (χ3v) is 3.24. The van der Waals surface area contributed by atoms with E-state index in [4.69, 9.17) is 16.3 Å². The Morgan fingerprint density at radius 2 is 1.95 bits per heavy atom. The summed E-state index contributed by atoms with van der Waals surface area (Å²) in [5, 5.41) is 4.76. The van der Waals surface area contributed by atoms with Crippen LogP contribution >= 0.6 is 11.6 Å². The van der Waals surface area contributed by atoms with Crippen LogP contribution in [0.2, 0.25) is 5.15 Å². The number of methoxy groups -OCH3 is 1. The average molecular weight is 279 g/mol. The van der Waals surface area contributed by atoms with Crippen molar-refractivity contribution in [1.29, 1.82) is 0 Å². The van der Waals surface area contributed by atoms with Crippen molar-refractivity contribution in [2.24, 2.45) is 0 Å². The summed E-state index contributed by atoms with van der Waals surface area (Å²) in [5.41, 5.74) is 1.95. The summed E-state index contributed by atoms with van der Waals surface area (Å²) in [6, 6.07) is 7.33. The lowest BCUT2D eigenvalue weighted by molar-refractivity contribution is 0.112. The summed E-state index contributed by atoms with van der Waals surface area (Å²) in [6.45, 7) is 3.95. The monoisotopic (exact) mass is 278 g/mol. The Morgan fingerprint density at radius 1 is 1.32 bits per heavy atom. The first kappa shape index (κ1) is 13.6. The second kappa shape index (κ2) is 5.45. The van der Waals surface area contributed by atoms with Crippen LogP contribution in [0.1, 0.15) is 35.8 Å². The molecule has 4 nitrogen and oxygen atoms in total. The van der Waals surface area contributed by atoms with Gasteiger partial charge < -0.3 is 4.74 Å². The highest BCUT2D eigenvalue weighted by atomic mass is 35.5. The molecule has 0 atom stereocenters. The van der Waals surface area contributed by atoms with Crippen LogP contribution in [0.25, 0.3) is 5.69 Å². The Hall–Kier alpha value is -1.81. The van der Waals surface area contributed by atoms with Gasteiger partial charge in [0.05, 0.1) is 24.1 Å². The minimum Gasteiger partial charge on any atom is -0.497 e. The van der Waals surface area contributed by atoms with Crippen molar-refractivity contribution in [3.8, 4) is 11.4 Å². The molecule has 0 saturated heterocycles. The summed E-state index contributed by atoms with van der Waals surface area (Å²) >= 11 is 6.22. The van der Waals surface area contributed by atoms with Gasteiger partial charge in [-0.15, -0.1) is 0 Å². The zero-order valence-corrected chi connectivity index (χ0v) is 11.8. The number of nitrogens with zero attached hydrogens (tertiary/aromatic N) is 2. The molecule has 2 rings (SSSR count). The third kappa shape index (κ3) is 2.49. The Labute approximate surface area is 116 Å². The lowest BCUT2D eigenvalue weighted by atomic mass is 10.1. The van der Waals surface area contributed by atoms with Crippen LogP contribution in [-0.4, -0.2) is 23.2 Å². The lowest BCUT2D eigenvalue weighted by Gasteiger charge is -2.04. The standard InChI is InChI=1S/C14H15ClN2O2/c1-9(2)13-12(8-18)14(15)17(16-13)10-4-6-11(19-3)7-5-10/h4-9H,1-3H3. The van der Waals surface area contributed by atoms with Gasteiger partial charge in [0.25, 0.3) is 0 Å². The van der Waals surface area contributed by atoms with Crippen LogP contribution in [0.3, 0.4) is 0 Å². The van der Waals surface area contributed by atoms with Gasteiger partial charge in [-0.25, -0.2) is 4.68 Å². The highest BCUT2D eigenvalue weighted by Crippen LogP contribution is 2.27. The number of carbonyl (C=O) groups excluding carboxylic acids is 1. The predicted molar refractivity (Wildman–Crippen MR) is 74.6 cm³/mol. The first-order valence-corrected chi connectivity index (χ1v) is 6.34. The topological polar surface area (TPSA) is 44.1 Å². The zero-order chi connectivity index (χ0) is 14.0. The molecule has 2 aromatic rings. The SMILES string of the molecule is COc1ccc(-n2nc(C(C)C)c(C=O)c2Cl)cc1. The molecule has 1 heterocycles. The van der Waals surface area contributed by atoms with Crippen LogP contribution in [-0.2, 0) is 0 Å².